The zero-order chi connectivity index (χ0) is 19.7. The van der Waals surface area contributed by atoms with Gasteiger partial charge in [-0.05, 0) is 29.0 Å². The van der Waals surface area contributed by atoms with Gasteiger partial charge in [0.15, 0.2) is 18.1 Å². The maximum absolute atomic E-state index is 13.0. The third kappa shape index (κ3) is 3.57. The largest absolute Gasteiger partial charge is 0.586 e. The molecule has 0 saturated carbocycles. The monoisotopic (exact) mass is 385 g/mol. The summed E-state index contributed by atoms with van der Waals surface area (Å²) in [5, 5.41) is 4.03. The maximum atomic E-state index is 13.0. The highest BCUT2D eigenvalue weighted by Gasteiger charge is 2.43. The third-order valence-electron chi connectivity index (χ3n) is 4.03. The summed E-state index contributed by atoms with van der Waals surface area (Å²) < 4.78 is 39.7. The molecule has 0 aromatic heterocycles. The SMILES string of the molecule is O=C(COC(=O)c1cccc2ccccc12)Nc1ccc2c(c1)OC(F)(F)O2. The molecule has 0 fully saturated rings. The second-order valence-electron chi connectivity index (χ2n) is 5.98. The zero-order valence-corrected chi connectivity index (χ0v) is 14.3. The van der Waals surface area contributed by atoms with E-state index in [1.165, 1.54) is 18.2 Å². The number of carbonyl (C=O) groups excluding carboxylic acids is 2. The van der Waals surface area contributed by atoms with E-state index >= 15 is 0 Å². The minimum absolute atomic E-state index is 0.134. The van der Waals surface area contributed by atoms with Crippen molar-refractivity contribution in [3.05, 3.63) is 66.2 Å². The first-order chi connectivity index (χ1) is 13.4. The average Bonchev–Trinajstić information content (AvgIpc) is 2.98. The van der Waals surface area contributed by atoms with E-state index in [4.69, 9.17) is 4.74 Å². The van der Waals surface area contributed by atoms with Gasteiger partial charge in [-0.25, -0.2) is 4.79 Å². The molecule has 1 aliphatic rings. The molecule has 4 rings (SSSR count). The number of amides is 1. The van der Waals surface area contributed by atoms with E-state index in [9.17, 15) is 18.4 Å². The van der Waals surface area contributed by atoms with Crippen molar-refractivity contribution < 1.29 is 32.6 Å². The standard InChI is InChI=1S/C20H13F2NO5/c21-20(22)27-16-9-8-13(10-17(16)28-20)23-18(24)11-26-19(25)15-7-3-5-12-4-1-2-6-14(12)15/h1-10H,11H2,(H,23,24). The molecule has 0 spiro atoms. The van der Waals surface area contributed by atoms with Crippen molar-refractivity contribution >= 4 is 28.3 Å². The highest BCUT2D eigenvalue weighted by Crippen LogP contribution is 2.42. The Balaban J connectivity index is 1.39. The number of hydrogen-bond acceptors (Lipinski definition) is 5. The Bertz CT molecular complexity index is 1080. The van der Waals surface area contributed by atoms with Crippen LogP contribution in [-0.4, -0.2) is 24.8 Å². The van der Waals surface area contributed by atoms with Gasteiger partial charge in [0, 0.05) is 11.8 Å². The van der Waals surface area contributed by atoms with Crippen molar-refractivity contribution in [1.82, 2.24) is 0 Å². The summed E-state index contributed by atoms with van der Waals surface area (Å²) in [6.45, 7) is -0.535. The number of nitrogens with one attached hydrogen (secondary N) is 1. The number of esters is 1. The van der Waals surface area contributed by atoms with Crippen LogP contribution in [0.25, 0.3) is 10.8 Å². The summed E-state index contributed by atoms with van der Waals surface area (Å²) in [4.78, 5) is 24.3. The molecule has 0 aliphatic carbocycles. The topological polar surface area (TPSA) is 73.9 Å². The average molecular weight is 385 g/mol. The Morgan fingerprint density at radius 1 is 0.964 bits per heavy atom. The quantitative estimate of drug-likeness (QED) is 0.689. The molecule has 3 aromatic rings. The number of carbonyl (C=O) groups is 2. The lowest BCUT2D eigenvalue weighted by Crippen LogP contribution is -2.25. The molecular formula is C20H13F2NO5. The number of ether oxygens (including phenoxy) is 3. The van der Waals surface area contributed by atoms with Gasteiger partial charge in [0.05, 0.1) is 5.56 Å². The van der Waals surface area contributed by atoms with Crippen LogP contribution in [0.3, 0.4) is 0 Å². The molecule has 142 valence electrons. The van der Waals surface area contributed by atoms with Crippen molar-refractivity contribution in [2.24, 2.45) is 0 Å². The van der Waals surface area contributed by atoms with E-state index in [0.717, 1.165) is 5.39 Å². The number of anilines is 1. The van der Waals surface area contributed by atoms with Crippen LogP contribution in [0.5, 0.6) is 11.5 Å². The molecule has 28 heavy (non-hydrogen) atoms. The van der Waals surface area contributed by atoms with E-state index in [0.29, 0.717) is 10.9 Å². The van der Waals surface area contributed by atoms with E-state index in [-0.39, 0.29) is 17.2 Å². The number of halogens is 2. The lowest BCUT2D eigenvalue weighted by Gasteiger charge is -2.09. The van der Waals surface area contributed by atoms with Crippen LogP contribution in [0.1, 0.15) is 10.4 Å². The Morgan fingerprint density at radius 3 is 2.57 bits per heavy atom. The fourth-order valence-corrected chi connectivity index (χ4v) is 2.84. The first kappa shape index (κ1) is 17.7. The second kappa shape index (κ2) is 6.80. The van der Waals surface area contributed by atoms with Crippen molar-refractivity contribution in [2.45, 2.75) is 6.29 Å². The van der Waals surface area contributed by atoms with E-state index in [1.54, 1.807) is 24.3 Å². The Kier molecular flexibility index (Phi) is 4.31. The van der Waals surface area contributed by atoms with Gasteiger partial charge >= 0.3 is 12.3 Å². The van der Waals surface area contributed by atoms with Gasteiger partial charge < -0.3 is 19.5 Å². The molecule has 0 unspecified atom stereocenters. The summed E-state index contributed by atoms with van der Waals surface area (Å²) >= 11 is 0. The van der Waals surface area contributed by atoms with Crippen molar-refractivity contribution in [1.29, 1.82) is 0 Å². The van der Waals surface area contributed by atoms with Crippen LogP contribution in [0.15, 0.2) is 60.7 Å². The number of benzene rings is 3. The van der Waals surface area contributed by atoms with Crippen molar-refractivity contribution in [3.63, 3.8) is 0 Å². The molecule has 8 heteroatoms. The van der Waals surface area contributed by atoms with Crippen LogP contribution in [0.2, 0.25) is 0 Å². The van der Waals surface area contributed by atoms with E-state index in [2.05, 4.69) is 14.8 Å². The van der Waals surface area contributed by atoms with Gasteiger partial charge in [-0.3, -0.25) is 4.79 Å². The summed E-state index contributed by atoms with van der Waals surface area (Å²) in [6.07, 6.45) is -3.74. The summed E-state index contributed by atoms with van der Waals surface area (Å²) in [7, 11) is 0. The molecule has 1 amide bonds. The highest BCUT2D eigenvalue weighted by molar-refractivity contribution is 6.05. The van der Waals surface area contributed by atoms with Crippen LogP contribution < -0.4 is 14.8 Å². The minimum Gasteiger partial charge on any atom is -0.452 e. The molecule has 0 bridgehead atoms. The minimum atomic E-state index is -3.74. The van der Waals surface area contributed by atoms with Gasteiger partial charge in [0.2, 0.25) is 0 Å². The lowest BCUT2D eigenvalue weighted by molar-refractivity contribution is -0.286. The van der Waals surface area contributed by atoms with E-state index < -0.39 is 24.8 Å². The molecule has 0 atom stereocenters. The summed E-state index contributed by atoms with van der Waals surface area (Å²) in [5.41, 5.74) is 0.544. The fraction of sp³-hybridized carbons (Fsp3) is 0.100. The summed E-state index contributed by atoms with van der Waals surface area (Å²) in [5.74, 6) is -1.60. The molecule has 1 aliphatic heterocycles. The zero-order valence-electron chi connectivity index (χ0n) is 14.3. The number of hydrogen-bond donors (Lipinski definition) is 1. The predicted octanol–water partition coefficient (Wildman–Crippen LogP) is 3.96. The van der Waals surface area contributed by atoms with Crippen LogP contribution in [0, 0.1) is 0 Å². The number of alkyl halides is 2. The van der Waals surface area contributed by atoms with Crippen LogP contribution in [-0.2, 0) is 9.53 Å². The first-order valence-corrected chi connectivity index (χ1v) is 8.26. The van der Waals surface area contributed by atoms with E-state index in [1.807, 2.05) is 18.2 Å². The van der Waals surface area contributed by atoms with Gasteiger partial charge in [0.25, 0.3) is 5.91 Å². The van der Waals surface area contributed by atoms with Gasteiger partial charge in [-0.2, -0.15) is 0 Å². The van der Waals surface area contributed by atoms with Crippen LogP contribution >= 0.6 is 0 Å². The molecule has 1 heterocycles. The maximum Gasteiger partial charge on any atom is 0.586 e. The second-order valence-corrected chi connectivity index (χ2v) is 5.98. The molecule has 0 radical (unpaired) electrons. The Hall–Kier alpha value is -3.68. The molecule has 1 N–H and O–H groups in total. The van der Waals surface area contributed by atoms with Crippen LogP contribution in [0.4, 0.5) is 14.5 Å². The van der Waals surface area contributed by atoms with Gasteiger partial charge in [-0.1, -0.05) is 36.4 Å². The Labute approximate surface area is 157 Å². The van der Waals surface area contributed by atoms with Gasteiger partial charge in [0.1, 0.15) is 0 Å². The fourth-order valence-electron chi connectivity index (χ4n) is 2.84. The van der Waals surface area contributed by atoms with Crippen molar-refractivity contribution in [2.75, 3.05) is 11.9 Å². The normalized spacial score (nSPS) is 13.9. The molecular weight excluding hydrogens is 372 g/mol. The molecule has 3 aromatic carbocycles. The molecule has 6 nitrogen and oxygen atoms in total. The van der Waals surface area contributed by atoms with Gasteiger partial charge in [-0.15, -0.1) is 8.78 Å². The van der Waals surface area contributed by atoms with Crippen molar-refractivity contribution in [3.8, 4) is 11.5 Å². The molecule has 0 saturated heterocycles. The number of fused-ring (bicyclic) bond motifs is 2. The number of rotatable bonds is 4. The Morgan fingerprint density at radius 2 is 1.71 bits per heavy atom. The smallest absolute Gasteiger partial charge is 0.452 e. The summed E-state index contributed by atoms with van der Waals surface area (Å²) in [6, 6.07) is 16.3. The first-order valence-electron chi connectivity index (χ1n) is 8.26. The third-order valence-corrected chi connectivity index (χ3v) is 4.03. The predicted molar refractivity (Wildman–Crippen MR) is 95.5 cm³/mol. The lowest BCUT2D eigenvalue weighted by atomic mass is 10.1. The highest BCUT2D eigenvalue weighted by atomic mass is 19.3.